The molecule has 10 heteroatoms. The molecule has 194 valence electrons. The molecule has 0 spiro atoms. The Balaban J connectivity index is 1.49. The van der Waals surface area contributed by atoms with Crippen LogP contribution in [-0.2, 0) is 17.9 Å². The highest BCUT2D eigenvalue weighted by molar-refractivity contribution is 5.97. The average Bonchev–Trinajstić information content (AvgIpc) is 3.21. The lowest BCUT2D eigenvalue weighted by Gasteiger charge is -2.24. The van der Waals surface area contributed by atoms with E-state index >= 15 is 0 Å². The molecule has 0 atom stereocenters. The van der Waals surface area contributed by atoms with Crippen molar-refractivity contribution in [1.82, 2.24) is 19.4 Å². The molecule has 0 fully saturated rings. The van der Waals surface area contributed by atoms with Gasteiger partial charge in [0.15, 0.2) is 0 Å². The number of hydrogen-bond acceptors (Lipinski definition) is 8. The third kappa shape index (κ3) is 4.90. The number of methoxy groups -OCH3 is 1. The molecular weight excluding hydrogens is 473 g/mol. The van der Waals surface area contributed by atoms with Gasteiger partial charge in [0.25, 0.3) is 0 Å². The van der Waals surface area contributed by atoms with Crippen LogP contribution in [0.4, 0.5) is 27.4 Å². The molecule has 0 unspecified atom stereocenters. The van der Waals surface area contributed by atoms with Gasteiger partial charge in [-0.15, -0.1) is 0 Å². The van der Waals surface area contributed by atoms with Crippen molar-refractivity contribution in [2.24, 2.45) is 0 Å². The maximum Gasteiger partial charge on any atom is 0.227 e. The third-order valence-corrected chi connectivity index (χ3v) is 6.63. The number of anilines is 4. The van der Waals surface area contributed by atoms with Gasteiger partial charge in [-0.25, -0.2) is 14.4 Å². The number of fused-ring (bicyclic) bond motifs is 3. The molecule has 0 saturated carbocycles. The number of hydrogen-bond donors (Lipinski definition) is 2. The Morgan fingerprint density at radius 2 is 2.00 bits per heavy atom. The molecular formula is C27H32FN7O2. The van der Waals surface area contributed by atoms with Crippen LogP contribution in [0, 0.1) is 5.82 Å². The summed E-state index contributed by atoms with van der Waals surface area (Å²) in [5.41, 5.74) is 12.0. The van der Waals surface area contributed by atoms with Gasteiger partial charge in [-0.05, 0) is 44.4 Å². The monoisotopic (exact) mass is 505 g/mol. The molecule has 3 N–H and O–H groups in total. The summed E-state index contributed by atoms with van der Waals surface area (Å²) in [5, 5.41) is 4.20. The van der Waals surface area contributed by atoms with Crippen molar-refractivity contribution in [3.05, 3.63) is 54.1 Å². The van der Waals surface area contributed by atoms with Crippen LogP contribution < -0.4 is 20.7 Å². The SMILES string of the molecule is COc1cc(N(C)CCN(C)C)c(N)cc1Nc1nccc(-c2c3n(c4cc(F)ccc24)CCOC3)n1. The van der Waals surface area contributed by atoms with Crippen LogP contribution in [0.3, 0.4) is 0 Å². The molecule has 3 heterocycles. The molecule has 0 amide bonds. The molecule has 0 radical (unpaired) electrons. The first-order chi connectivity index (χ1) is 17.9. The van der Waals surface area contributed by atoms with E-state index in [0.717, 1.165) is 46.6 Å². The van der Waals surface area contributed by atoms with E-state index in [9.17, 15) is 4.39 Å². The summed E-state index contributed by atoms with van der Waals surface area (Å²) in [6.07, 6.45) is 1.70. The van der Waals surface area contributed by atoms with E-state index in [1.165, 1.54) is 6.07 Å². The number of nitrogens with one attached hydrogen (secondary N) is 1. The van der Waals surface area contributed by atoms with Gasteiger partial charge in [-0.2, -0.15) is 0 Å². The fourth-order valence-corrected chi connectivity index (χ4v) is 4.72. The molecule has 0 aliphatic carbocycles. The number of nitrogen functional groups attached to an aromatic ring is 1. The van der Waals surface area contributed by atoms with Gasteiger partial charge in [0.1, 0.15) is 11.6 Å². The highest BCUT2D eigenvalue weighted by atomic mass is 19.1. The lowest BCUT2D eigenvalue weighted by Crippen LogP contribution is -2.29. The first-order valence-electron chi connectivity index (χ1n) is 12.2. The summed E-state index contributed by atoms with van der Waals surface area (Å²) in [5.74, 6) is 0.762. The van der Waals surface area contributed by atoms with Gasteiger partial charge in [0.2, 0.25) is 5.95 Å². The molecule has 37 heavy (non-hydrogen) atoms. The van der Waals surface area contributed by atoms with Crippen molar-refractivity contribution in [3.63, 3.8) is 0 Å². The first-order valence-corrected chi connectivity index (χ1v) is 12.2. The van der Waals surface area contributed by atoms with Gasteiger partial charge in [0, 0.05) is 49.9 Å². The molecule has 1 aliphatic rings. The molecule has 5 rings (SSSR count). The largest absolute Gasteiger partial charge is 0.494 e. The van der Waals surface area contributed by atoms with E-state index in [4.69, 9.17) is 20.2 Å². The van der Waals surface area contributed by atoms with Crippen LogP contribution in [0.1, 0.15) is 5.69 Å². The van der Waals surface area contributed by atoms with E-state index in [-0.39, 0.29) is 5.82 Å². The zero-order chi connectivity index (χ0) is 26.1. The van der Waals surface area contributed by atoms with Gasteiger partial charge < -0.3 is 34.9 Å². The van der Waals surface area contributed by atoms with Crippen LogP contribution in [0.2, 0.25) is 0 Å². The summed E-state index contributed by atoms with van der Waals surface area (Å²) in [6.45, 7) is 3.41. The van der Waals surface area contributed by atoms with Gasteiger partial charge >= 0.3 is 0 Å². The van der Waals surface area contributed by atoms with E-state index in [2.05, 4.69) is 24.7 Å². The summed E-state index contributed by atoms with van der Waals surface area (Å²) >= 11 is 0. The number of rotatable bonds is 8. The Morgan fingerprint density at radius 3 is 2.78 bits per heavy atom. The Hall–Kier alpha value is -3.89. The number of nitrogens with zero attached hydrogens (tertiary/aromatic N) is 5. The first kappa shape index (κ1) is 24.8. The third-order valence-electron chi connectivity index (χ3n) is 6.63. The maximum absolute atomic E-state index is 14.1. The summed E-state index contributed by atoms with van der Waals surface area (Å²) in [6, 6.07) is 10.5. The van der Waals surface area contributed by atoms with E-state index in [1.54, 1.807) is 25.4 Å². The van der Waals surface area contributed by atoms with Crippen LogP contribution in [0.5, 0.6) is 5.75 Å². The maximum atomic E-state index is 14.1. The molecule has 4 aromatic rings. The lowest BCUT2D eigenvalue weighted by molar-refractivity contribution is 0.0869. The quantitative estimate of drug-likeness (QED) is 0.346. The Kier molecular flexibility index (Phi) is 6.86. The molecule has 0 bridgehead atoms. The molecule has 0 saturated heterocycles. The van der Waals surface area contributed by atoms with Crippen LogP contribution >= 0.6 is 0 Å². The second-order valence-corrected chi connectivity index (χ2v) is 9.41. The van der Waals surface area contributed by atoms with Crippen LogP contribution in [0.15, 0.2) is 42.6 Å². The number of ether oxygens (including phenoxy) is 2. The molecule has 1 aliphatic heterocycles. The zero-order valence-corrected chi connectivity index (χ0v) is 21.6. The molecule has 2 aromatic heterocycles. The van der Waals surface area contributed by atoms with Crippen molar-refractivity contribution in [3.8, 4) is 17.0 Å². The highest BCUT2D eigenvalue weighted by Gasteiger charge is 2.23. The Morgan fingerprint density at radius 1 is 1.16 bits per heavy atom. The average molecular weight is 506 g/mol. The minimum atomic E-state index is -0.267. The van der Waals surface area contributed by atoms with Crippen LogP contribution in [-0.4, -0.2) is 67.4 Å². The summed E-state index contributed by atoms with van der Waals surface area (Å²) in [4.78, 5) is 13.5. The van der Waals surface area contributed by atoms with E-state index in [1.807, 2.05) is 39.3 Å². The van der Waals surface area contributed by atoms with Gasteiger partial charge in [0.05, 0.1) is 54.3 Å². The number of aromatic nitrogens is 3. The predicted molar refractivity (Wildman–Crippen MR) is 145 cm³/mol. The molecule has 9 nitrogen and oxygen atoms in total. The second-order valence-electron chi connectivity index (χ2n) is 9.41. The van der Waals surface area contributed by atoms with E-state index in [0.29, 0.717) is 42.8 Å². The Labute approximate surface area is 215 Å². The van der Waals surface area contributed by atoms with Crippen molar-refractivity contribution >= 4 is 33.9 Å². The van der Waals surface area contributed by atoms with E-state index < -0.39 is 0 Å². The van der Waals surface area contributed by atoms with Gasteiger partial charge in [-0.3, -0.25) is 0 Å². The fraction of sp³-hybridized carbons (Fsp3) is 0.333. The van der Waals surface area contributed by atoms with Crippen LogP contribution in [0.25, 0.3) is 22.2 Å². The van der Waals surface area contributed by atoms with Crippen molar-refractivity contribution < 1.29 is 13.9 Å². The zero-order valence-electron chi connectivity index (χ0n) is 21.6. The predicted octanol–water partition coefficient (Wildman–Crippen LogP) is 4.10. The smallest absolute Gasteiger partial charge is 0.227 e. The number of nitrogens with two attached hydrogens (primary N) is 1. The number of benzene rings is 2. The normalized spacial score (nSPS) is 13.1. The summed E-state index contributed by atoms with van der Waals surface area (Å²) < 4.78 is 27.6. The highest BCUT2D eigenvalue weighted by Crippen LogP contribution is 2.38. The van der Waals surface area contributed by atoms with Crippen molar-refractivity contribution in [2.45, 2.75) is 13.2 Å². The minimum absolute atomic E-state index is 0.267. The van der Waals surface area contributed by atoms with Gasteiger partial charge in [-0.1, -0.05) is 0 Å². The summed E-state index contributed by atoms with van der Waals surface area (Å²) in [7, 11) is 7.71. The topological polar surface area (TPSA) is 93.7 Å². The second kappa shape index (κ2) is 10.2. The van der Waals surface area contributed by atoms with Crippen molar-refractivity contribution in [2.75, 3.05) is 63.9 Å². The lowest BCUT2D eigenvalue weighted by atomic mass is 10.1. The number of likely N-dealkylation sites (N-methyl/N-ethyl adjacent to an activating group) is 2. The Bertz CT molecular complexity index is 1440. The number of halogens is 1. The fourth-order valence-electron chi connectivity index (χ4n) is 4.72. The standard InChI is InChI=1S/C27H32FN7O2/c1-33(2)9-10-34(3)23-15-25(36-4)21(14-19(23)29)32-27-30-8-7-20(31-27)26-18-6-5-17(28)13-22(18)35-11-12-37-16-24(26)35/h5-8,13-15H,9-12,16,29H2,1-4H3,(H,30,31,32). The minimum Gasteiger partial charge on any atom is -0.494 e. The van der Waals surface area contributed by atoms with Crippen molar-refractivity contribution in [1.29, 1.82) is 0 Å². The molecule has 2 aromatic carbocycles.